The minimum atomic E-state index is -4.65. The lowest BCUT2D eigenvalue weighted by Gasteiger charge is -2.18. The van der Waals surface area contributed by atoms with Crippen LogP contribution >= 0.6 is 0 Å². The molecule has 0 atom stereocenters. The fourth-order valence-electron chi connectivity index (χ4n) is 2.02. The van der Waals surface area contributed by atoms with E-state index in [-0.39, 0.29) is 24.3 Å². The van der Waals surface area contributed by atoms with E-state index in [1.807, 2.05) is 0 Å². The van der Waals surface area contributed by atoms with Crippen molar-refractivity contribution in [3.05, 3.63) is 41.4 Å². The van der Waals surface area contributed by atoms with Gasteiger partial charge in [-0.2, -0.15) is 26.3 Å². The van der Waals surface area contributed by atoms with Crippen molar-refractivity contribution in [2.75, 3.05) is 13.1 Å². The van der Waals surface area contributed by atoms with Gasteiger partial charge in [0.25, 0.3) is 5.91 Å². The summed E-state index contributed by atoms with van der Waals surface area (Å²) in [7, 11) is 0. The zero-order valence-electron chi connectivity index (χ0n) is 12.2. The summed E-state index contributed by atoms with van der Waals surface area (Å²) in [4.78, 5) is 19.9. The van der Waals surface area contributed by atoms with E-state index in [1.54, 1.807) is 0 Å². The van der Waals surface area contributed by atoms with Gasteiger partial charge in [-0.1, -0.05) is 0 Å². The highest BCUT2D eigenvalue weighted by Gasteiger charge is 2.35. The number of halogens is 6. The molecule has 2 heterocycles. The molecule has 130 valence electrons. The van der Waals surface area contributed by atoms with E-state index < -0.39 is 29.7 Å². The van der Waals surface area contributed by atoms with Crippen molar-refractivity contribution in [3.8, 4) is 0 Å². The number of hydrogen-bond donors (Lipinski definition) is 0. The second-order valence-corrected chi connectivity index (χ2v) is 4.91. The number of aromatic nitrogens is 1. The average molecular weight is 351 g/mol. The summed E-state index contributed by atoms with van der Waals surface area (Å²) < 4.78 is 75.5. The number of nitrogens with zero attached hydrogens (tertiary/aromatic N) is 3. The fraction of sp³-hybridized carbons (Fsp3) is 0.357. The molecule has 10 heteroatoms. The monoisotopic (exact) mass is 351 g/mol. The second-order valence-electron chi connectivity index (χ2n) is 4.91. The van der Waals surface area contributed by atoms with E-state index >= 15 is 0 Å². The van der Waals surface area contributed by atoms with Gasteiger partial charge in [0.2, 0.25) is 0 Å². The largest absolute Gasteiger partial charge is 0.433 e. The number of rotatable bonds is 1. The predicted molar refractivity (Wildman–Crippen MR) is 72.5 cm³/mol. The lowest BCUT2D eigenvalue weighted by Crippen LogP contribution is -2.28. The minimum Gasteiger partial charge on any atom is -0.313 e. The molecule has 0 saturated heterocycles. The Balaban J connectivity index is 2.24. The van der Waals surface area contributed by atoms with Gasteiger partial charge in [0.1, 0.15) is 11.4 Å². The van der Waals surface area contributed by atoms with Crippen LogP contribution in [0.4, 0.5) is 26.3 Å². The summed E-state index contributed by atoms with van der Waals surface area (Å²) in [5, 5.41) is 0. The Morgan fingerprint density at radius 2 is 1.79 bits per heavy atom. The smallest absolute Gasteiger partial charge is 0.313 e. The molecule has 1 amide bonds. The van der Waals surface area contributed by atoms with Crippen molar-refractivity contribution in [2.24, 2.45) is 4.99 Å². The summed E-state index contributed by atoms with van der Waals surface area (Å²) in [5.74, 6) is -0.747. The van der Waals surface area contributed by atoms with Gasteiger partial charge in [-0.15, -0.1) is 0 Å². The molecule has 0 aromatic carbocycles. The first kappa shape index (κ1) is 18.0. The van der Waals surface area contributed by atoms with Crippen LogP contribution in [0.25, 0.3) is 0 Å². The molecule has 1 aliphatic heterocycles. The topological polar surface area (TPSA) is 45.6 Å². The van der Waals surface area contributed by atoms with Crippen molar-refractivity contribution in [3.63, 3.8) is 0 Å². The van der Waals surface area contributed by atoms with Crippen LogP contribution in [0.5, 0.6) is 0 Å². The van der Waals surface area contributed by atoms with Gasteiger partial charge < -0.3 is 4.90 Å². The van der Waals surface area contributed by atoms with Crippen molar-refractivity contribution in [1.29, 1.82) is 0 Å². The molecular formula is C14H11F6N3O. The van der Waals surface area contributed by atoms with Gasteiger partial charge >= 0.3 is 12.4 Å². The van der Waals surface area contributed by atoms with Gasteiger partial charge in [0.05, 0.1) is 17.8 Å². The van der Waals surface area contributed by atoms with Crippen molar-refractivity contribution >= 4 is 11.6 Å². The minimum absolute atomic E-state index is 0.122. The van der Waals surface area contributed by atoms with Crippen LogP contribution in [0.1, 0.15) is 21.7 Å². The average Bonchev–Trinajstić information content (AvgIpc) is 2.71. The summed E-state index contributed by atoms with van der Waals surface area (Å²) in [6.45, 7) is 0.817. The highest BCUT2D eigenvalue weighted by atomic mass is 19.4. The maximum Gasteiger partial charge on any atom is 0.433 e. The molecular weight excluding hydrogens is 340 g/mol. The van der Waals surface area contributed by atoms with Gasteiger partial charge in [0, 0.05) is 12.7 Å². The number of amides is 1. The van der Waals surface area contributed by atoms with E-state index in [0.29, 0.717) is 12.1 Å². The Bertz CT molecular complexity index is 705. The molecule has 2 rings (SSSR count). The van der Waals surface area contributed by atoms with Crippen LogP contribution < -0.4 is 0 Å². The summed E-state index contributed by atoms with van der Waals surface area (Å²) in [6, 6.07) is 1.61. The number of carbonyl (C=O) groups is 1. The number of aryl methyl sites for hydroxylation is 1. The lowest BCUT2D eigenvalue weighted by atomic mass is 10.1. The van der Waals surface area contributed by atoms with Crippen molar-refractivity contribution in [2.45, 2.75) is 19.3 Å². The van der Waals surface area contributed by atoms with Crippen LogP contribution in [0.15, 0.2) is 29.4 Å². The third-order valence-electron chi connectivity index (χ3n) is 3.19. The summed E-state index contributed by atoms with van der Waals surface area (Å²) in [5.41, 5.74) is -2.56. The molecule has 0 bridgehead atoms. The lowest BCUT2D eigenvalue weighted by molar-refractivity contribution is -0.141. The van der Waals surface area contributed by atoms with Gasteiger partial charge in [-0.05, 0) is 25.1 Å². The second kappa shape index (κ2) is 6.25. The summed E-state index contributed by atoms with van der Waals surface area (Å²) in [6.07, 6.45) is -7.72. The van der Waals surface area contributed by atoms with E-state index in [0.717, 1.165) is 17.2 Å². The molecule has 0 fully saturated rings. The zero-order chi connectivity index (χ0) is 18.1. The van der Waals surface area contributed by atoms with E-state index in [2.05, 4.69) is 9.98 Å². The predicted octanol–water partition coefficient (Wildman–Crippen LogP) is 3.38. The molecule has 1 aromatic heterocycles. The molecule has 0 N–H and O–H groups in total. The van der Waals surface area contributed by atoms with Crippen molar-refractivity contribution in [1.82, 2.24) is 9.88 Å². The SMILES string of the molecule is Cc1nc(C(F)(F)F)ccc1C(=O)N1C=CC(C(F)(F)F)=NCC1. The molecule has 1 aromatic rings. The van der Waals surface area contributed by atoms with Crippen LogP contribution in [0.3, 0.4) is 0 Å². The third-order valence-corrected chi connectivity index (χ3v) is 3.19. The standard InChI is InChI=1S/C14H11F6N3O/c1-8-9(2-3-11(22-8)14(18,19)20)12(24)23-6-4-10(13(15,16)17)21-5-7-23/h2-4,6H,5,7H2,1H3. The summed E-state index contributed by atoms with van der Waals surface area (Å²) >= 11 is 0. The molecule has 0 saturated carbocycles. The fourth-order valence-corrected chi connectivity index (χ4v) is 2.02. The number of hydrogen-bond acceptors (Lipinski definition) is 3. The van der Waals surface area contributed by atoms with Crippen LogP contribution in [-0.4, -0.2) is 40.8 Å². The number of allylic oxidation sites excluding steroid dienone is 1. The van der Waals surface area contributed by atoms with Crippen LogP contribution in [0.2, 0.25) is 0 Å². The Morgan fingerprint density at radius 3 is 2.33 bits per heavy atom. The van der Waals surface area contributed by atoms with Gasteiger partial charge in [0.15, 0.2) is 0 Å². The van der Waals surface area contributed by atoms with Crippen molar-refractivity contribution < 1.29 is 31.1 Å². The highest BCUT2D eigenvalue weighted by molar-refractivity contribution is 6.01. The Morgan fingerprint density at radius 1 is 1.12 bits per heavy atom. The third kappa shape index (κ3) is 3.92. The van der Waals surface area contributed by atoms with Gasteiger partial charge in [-0.3, -0.25) is 9.79 Å². The molecule has 0 unspecified atom stereocenters. The van der Waals surface area contributed by atoms with Gasteiger partial charge in [-0.25, -0.2) is 4.98 Å². The maximum absolute atomic E-state index is 12.6. The first-order valence-electron chi connectivity index (χ1n) is 6.66. The van der Waals surface area contributed by atoms with E-state index in [1.165, 1.54) is 6.92 Å². The Labute approximate surface area is 132 Å². The molecule has 0 spiro atoms. The Kier molecular flexibility index (Phi) is 4.68. The number of aliphatic imine (C=N–C) groups is 1. The molecule has 24 heavy (non-hydrogen) atoms. The van der Waals surface area contributed by atoms with Crippen LogP contribution in [-0.2, 0) is 6.18 Å². The number of alkyl halides is 6. The highest BCUT2D eigenvalue weighted by Crippen LogP contribution is 2.28. The first-order chi connectivity index (χ1) is 11.0. The number of pyridine rings is 1. The Hall–Kier alpha value is -2.39. The molecule has 1 aliphatic rings. The molecule has 4 nitrogen and oxygen atoms in total. The van der Waals surface area contributed by atoms with E-state index in [9.17, 15) is 31.1 Å². The number of carbonyl (C=O) groups excluding carboxylic acids is 1. The maximum atomic E-state index is 12.6. The first-order valence-corrected chi connectivity index (χ1v) is 6.66. The molecule has 0 aliphatic carbocycles. The molecule has 0 radical (unpaired) electrons. The normalized spacial score (nSPS) is 16.0. The van der Waals surface area contributed by atoms with Crippen LogP contribution in [0, 0.1) is 6.92 Å². The van der Waals surface area contributed by atoms with E-state index in [4.69, 9.17) is 0 Å². The quantitative estimate of drug-likeness (QED) is 0.728. The zero-order valence-corrected chi connectivity index (χ0v) is 12.2.